The van der Waals surface area contributed by atoms with Crippen LogP contribution in [0.15, 0.2) is 35.2 Å². The van der Waals surface area contributed by atoms with Crippen molar-refractivity contribution >= 4 is 11.8 Å². The Balaban J connectivity index is 2.35. The Kier molecular flexibility index (Phi) is 5.20. The van der Waals surface area contributed by atoms with Gasteiger partial charge >= 0.3 is 0 Å². The fraction of sp³-hybridized carbons (Fsp3) is 0.167. The van der Waals surface area contributed by atoms with Crippen molar-refractivity contribution in [1.29, 1.82) is 5.26 Å². The van der Waals surface area contributed by atoms with Gasteiger partial charge in [0.1, 0.15) is 17.0 Å². The number of hydrogen-bond donors (Lipinski definition) is 0. The van der Waals surface area contributed by atoms with Gasteiger partial charge in [0, 0.05) is 11.1 Å². The summed E-state index contributed by atoms with van der Waals surface area (Å²) in [6.45, 7) is 4.10. The molecule has 0 heterocycles. The van der Waals surface area contributed by atoms with E-state index in [1.165, 1.54) is 11.1 Å². The van der Waals surface area contributed by atoms with Crippen LogP contribution in [0.2, 0.25) is 0 Å². The molecule has 0 aliphatic rings. The molecule has 0 atom stereocenters. The molecule has 4 heteroatoms. The summed E-state index contributed by atoms with van der Waals surface area (Å²) < 4.78 is 27.4. The van der Waals surface area contributed by atoms with Crippen molar-refractivity contribution in [2.45, 2.75) is 25.2 Å². The van der Waals surface area contributed by atoms with Crippen LogP contribution < -0.4 is 0 Å². The smallest absolute Gasteiger partial charge is 0.142 e. The molecule has 2 rings (SSSR count). The third-order valence-electron chi connectivity index (χ3n) is 3.23. The Morgan fingerprint density at radius 2 is 1.68 bits per heavy atom. The number of nitrogens with zero attached hydrogens (tertiary/aromatic N) is 1. The highest BCUT2D eigenvalue weighted by molar-refractivity contribution is 8.03. The summed E-state index contributed by atoms with van der Waals surface area (Å²) >= 11 is 0.466. The van der Waals surface area contributed by atoms with Gasteiger partial charge in [-0.2, -0.15) is 5.26 Å². The third-order valence-corrected chi connectivity index (χ3v) is 3.91. The second-order valence-corrected chi connectivity index (χ2v) is 5.50. The zero-order chi connectivity index (χ0) is 16.1. The van der Waals surface area contributed by atoms with Crippen LogP contribution in [0.25, 0.3) is 0 Å². The van der Waals surface area contributed by atoms with Gasteiger partial charge in [-0.25, -0.2) is 8.78 Å². The van der Waals surface area contributed by atoms with Crippen molar-refractivity contribution in [2.75, 3.05) is 0 Å². The number of hydrogen-bond acceptors (Lipinski definition) is 2. The molecule has 0 amide bonds. The number of thiocyanates is 1. The van der Waals surface area contributed by atoms with E-state index >= 15 is 0 Å². The van der Waals surface area contributed by atoms with E-state index in [0.29, 0.717) is 11.8 Å². The van der Waals surface area contributed by atoms with Gasteiger partial charge in [-0.1, -0.05) is 24.8 Å². The standard InChI is InChI=1S/C18H13F2NS/c1-3-15-8-13(5-4-12(15)2)6-7-14-9-16(19)18(22-11-21)17(20)10-14/h4-5,8-10H,3H2,1-2H3. The zero-order valence-electron chi connectivity index (χ0n) is 12.2. The lowest BCUT2D eigenvalue weighted by molar-refractivity contribution is 0.540. The maximum atomic E-state index is 13.7. The van der Waals surface area contributed by atoms with Crippen LogP contribution in [-0.2, 0) is 6.42 Å². The fourth-order valence-electron chi connectivity index (χ4n) is 2.05. The quantitative estimate of drug-likeness (QED) is 0.451. The van der Waals surface area contributed by atoms with Crippen LogP contribution in [0.1, 0.15) is 29.2 Å². The Bertz CT molecular complexity index is 787. The lowest BCUT2D eigenvalue weighted by atomic mass is 10.0. The van der Waals surface area contributed by atoms with Gasteiger partial charge < -0.3 is 0 Å². The SMILES string of the molecule is CCc1cc(C#Cc2cc(F)c(SC#N)c(F)c2)ccc1C. The Morgan fingerprint density at radius 3 is 2.27 bits per heavy atom. The molecule has 110 valence electrons. The molecule has 0 aliphatic heterocycles. The summed E-state index contributed by atoms with van der Waals surface area (Å²) in [6.07, 6.45) is 0.907. The summed E-state index contributed by atoms with van der Waals surface area (Å²) in [5.41, 5.74) is 3.45. The van der Waals surface area contributed by atoms with Crippen LogP contribution in [0, 0.1) is 41.1 Å². The first kappa shape index (κ1) is 16.1. The third kappa shape index (κ3) is 3.67. The summed E-state index contributed by atoms with van der Waals surface area (Å²) in [5.74, 6) is 4.14. The first-order chi connectivity index (χ1) is 10.5. The van der Waals surface area contributed by atoms with Crippen LogP contribution in [0.4, 0.5) is 8.78 Å². The number of benzene rings is 2. The van der Waals surface area contributed by atoms with E-state index in [2.05, 4.69) is 18.8 Å². The Morgan fingerprint density at radius 1 is 1.05 bits per heavy atom. The number of halogens is 2. The molecule has 0 bridgehead atoms. The number of aryl methyl sites for hydroxylation is 2. The predicted molar refractivity (Wildman–Crippen MR) is 84.4 cm³/mol. The van der Waals surface area contributed by atoms with Crippen molar-refractivity contribution in [2.24, 2.45) is 0 Å². The average molecular weight is 313 g/mol. The lowest BCUT2D eigenvalue weighted by Crippen LogP contribution is -1.90. The van der Waals surface area contributed by atoms with Gasteiger partial charge in [0.15, 0.2) is 0 Å². The van der Waals surface area contributed by atoms with Gasteiger partial charge in [0.05, 0.1) is 4.90 Å². The maximum absolute atomic E-state index is 13.7. The molecule has 0 aliphatic carbocycles. The Hall–Kier alpha value is -2.30. The first-order valence-corrected chi connectivity index (χ1v) is 7.53. The molecule has 0 aromatic heterocycles. The minimum atomic E-state index is -0.769. The topological polar surface area (TPSA) is 23.8 Å². The molecule has 0 fully saturated rings. The first-order valence-electron chi connectivity index (χ1n) is 6.71. The molecule has 2 aromatic rings. The minimum Gasteiger partial charge on any atom is -0.206 e. The molecule has 0 radical (unpaired) electrons. The van der Waals surface area contributed by atoms with Crippen molar-refractivity contribution in [3.63, 3.8) is 0 Å². The predicted octanol–water partition coefficient (Wildman–Crippen LogP) is 4.81. The molecule has 22 heavy (non-hydrogen) atoms. The summed E-state index contributed by atoms with van der Waals surface area (Å²) in [5, 5.41) is 10.2. The lowest BCUT2D eigenvalue weighted by Gasteiger charge is -2.02. The molecule has 0 saturated heterocycles. The second-order valence-electron chi connectivity index (χ2n) is 4.71. The van der Waals surface area contributed by atoms with Crippen molar-refractivity contribution < 1.29 is 8.78 Å². The average Bonchev–Trinajstić information content (AvgIpc) is 2.50. The summed E-state index contributed by atoms with van der Waals surface area (Å²) in [4.78, 5) is -0.295. The normalized spacial score (nSPS) is 9.77. The summed E-state index contributed by atoms with van der Waals surface area (Å²) in [6, 6.07) is 8.13. The zero-order valence-corrected chi connectivity index (χ0v) is 13.0. The molecule has 0 saturated carbocycles. The molecular weight excluding hydrogens is 300 g/mol. The highest BCUT2D eigenvalue weighted by atomic mass is 32.2. The van der Waals surface area contributed by atoms with Crippen molar-refractivity contribution in [3.8, 4) is 17.2 Å². The van der Waals surface area contributed by atoms with Crippen LogP contribution >= 0.6 is 11.8 Å². The number of thioether (sulfide) groups is 1. The highest BCUT2D eigenvalue weighted by Crippen LogP contribution is 2.25. The number of nitriles is 1. The van der Waals surface area contributed by atoms with E-state index in [1.54, 1.807) is 5.40 Å². The molecule has 0 spiro atoms. The van der Waals surface area contributed by atoms with Gasteiger partial charge in [-0.05, 0) is 60.5 Å². The maximum Gasteiger partial charge on any atom is 0.142 e. The van der Waals surface area contributed by atoms with Crippen LogP contribution in [0.3, 0.4) is 0 Å². The molecule has 2 aromatic carbocycles. The molecular formula is C18H13F2NS. The van der Waals surface area contributed by atoms with Crippen molar-refractivity contribution in [1.82, 2.24) is 0 Å². The van der Waals surface area contributed by atoms with E-state index in [4.69, 9.17) is 5.26 Å². The van der Waals surface area contributed by atoms with Gasteiger partial charge in [0.25, 0.3) is 0 Å². The van der Waals surface area contributed by atoms with Crippen LogP contribution in [0.5, 0.6) is 0 Å². The highest BCUT2D eigenvalue weighted by Gasteiger charge is 2.11. The van der Waals surface area contributed by atoms with E-state index in [-0.39, 0.29) is 10.5 Å². The van der Waals surface area contributed by atoms with Gasteiger partial charge in [-0.3, -0.25) is 0 Å². The second kappa shape index (κ2) is 7.11. The Labute approximate surface area is 133 Å². The monoisotopic (exact) mass is 313 g/mol. The van der Waals surface area contributed by atoms with Gasteiger partial charge in [-0.15, -0.1) is 0 Å². The van der Waals surface area contributed by atoms with Crippen LogP contribution in [-0.4, -0.2) is 0 Å². The largest absolute Gasteiger partial charge is 0.206 e. The molecule has 0 N–H and O–H groups in total. The fourth-order valence-corrected chi connectivity index (χ4v) is 2.45. The summed E-state index contributed by atoms with van der Waals surface area (Å²) in [7, 11) is 0. The minimum absolute atomic E-state index is 0.246. The van der Waals surface area contributed by atoms with E-state index < -0.39 is 11.6 Å². The van der Waals surface area contributed by atoms with E-state index in [0.717, 1.165) is 24.1 Å². The molecule has 0 unspecified atom stereocenters. The van der Waals surface area contributed by atoms with Crippen molar-refractivity contribution in [3.05, 3.63) is 64.2 Å². The number of rotatable bonds is 2. The molecule has 1 nitrogen and oxygen atoms in total. The van der Waals surface area contributed by atoms with Gasteiger partial charge in [0.2, 0.25) is 0 Å². The van der Waals surface area contributed by atoms with E-state index in [9.17, 15) is 8.78 Å². The van der Waals surface area contributed by atoms with E-state index in [1.807, 2.05) is 25.1 Å².